The van der Waals surface area contributed by atoms with Gasteiger partial charge in [0, 0.05) is 32.6 Å². The maximum absolute atomic E-state index is 13.6. The van der Waals surface area contributed by atoms with Gasteiger partial charge in [-0.3, -0.25) is 9.69 Å². The molecule has 2 aromatic rings. The van der Waals surface area contributed by atoms with E-state index in [2.05, 4.69) is 39.6 Å². The zero-order chi connectivity index (χ0) is 20.8. The van der Waals surface area contributed by atoms with Gasteiger partial charge in [-0.25, -0.2) is 9.07 Å². The third-order valence-electron chi connectivity index (χ3n) is 4.92. The minimum absolute atomic E-state index is 0.0590. The van der Waals surface area contributed by atoms with Crippen LogP contribution in [0.4, 0.5) is 4.39 Å². The van der Waals surface area contributed by atoms with Crippen LogP contribution in [0.25, 0.3) is 0 Å². The molecule has 3 rings (SSSR count). The first-order chi connectivity index (χ1) is 13.9. The van der Waals surface area contributed by atoms with Gasteiger partial charge in [0.25, 0.3) is 0 Å². The Bertz CT molecular complexity index is 812. The number of amides is 1. The minimum Gasteiger partial charge on any atom is -0.374 e. The lowest BCUT2D eigenvalue weighted by Gasteiger charge is -2.34. The van der Waals surface area contributed by atoms with Crippen LogP contribution in [-0.2, 0) is 16.0 Å². The topological polar surface area (TPSA) is 85.2 Å². The molecular weight excluding hydrogens is 375 g/mol. The van der Waals surface area contributed by atoms with E-state index in [1.54, 1.807) is 19.1 Å². The van der Waals surface area contributed by atoms with E-state index in [1.165, 1.54) is 16.8 Å². The third-order valence-corrected chi connectivity index (χ3v) is 4.92. The second-order valence-corrected chi connectivity index (χ2v) is 7.91. The lowest BCUT2D eigenvalue weighted by Crippen LogP contribution is -2.49. The van der Waals surface area contributed by atoms with Crippen molar-refractivity contribution in [2.24, 2.45) is 5.92 Å². The molecule has 0 bridgehead atoms. The molecule has 0 unspecified atom stereocenters. The third kappa shape index (κ3) is 6.04. The number of benzene rings is 1. The van der Waals surface area contributed by atoms with Crippen LogP contribution in [0.3, 0.4) is 0 Å². The highest BCUT2D eigenvalue weighted by Gasteiger charge is 2.27. The summed E-state index contributed by atoms with van der Waals surface area (Å²) in [5.41, 5.74) is 0.706. The largest absolute Gasteiger partial charge is 0.374 e. The zero-order valence-electron chi connectivity index (χ0n) is 17.2. The molecular formula is C20H29FN6O2. The average Bonchev–Trinajstić information content (AvgIpc) is 3.10. The Morgan fingerprint density at radius 1 is 1.41 bits per heavy atom. The van der Waals surface area contributed by atoms with Gasteiger partial charge < -0.3 is 10.1 Å². The first-order valence-electron chi connectivity index (χ1n) is 10.0. The number of halogens is 1. The predicted octanol–water partition coefficient (Wildman–Crippen LogP) is 1.38. The Morgan fingerprint density at radius 3 is 2.93 bits per heavy atom. The summed E-state index contributed by atoms with van der Waals surface area (Å²) in [6.07, 6.45) is 0.233. The number of tetrazole rings is 1. The molecule has 2 heterocycles. The van der Waals surface area contributed by atoms with Crippen molar-refractivity contribution < 1.29 is 13.9 Å². The monoisotopic (exact) mass is 404 g/mol. The summed E-state index contributed by atoms with van der Waals surface area (Å²) >= 11 is 0. The number of carbonyl (C=O) groups excluding carboxylic acids is 1. The van der Waals surface area contributed by atoms with Crippen LogP contribution in [0.5, 0.6) is 0 Å². The first kappa shape index (κ1) is 21.3. The van der Waals surface area contributed by atoms with E-state index in [0.29, 0.717) is 36.9 Å². The number of nitrogens with zero attached hydrogens (tertiary/aromatic N) is 5. The van der Waals surface area contributed by atoms with Gasteiger partial charge in [0.15, 0.2) is 0 Å². The van der Waals surface area contributed by atoms with Crippen molar-refractivity contribution in [1.29, 1.82) is 0 Å². The molecule has 0 radical (unpaired) electrons. The number of rotatable bonds is 8. The van der Waals surface area contributed by atoms with E-state index >= 15 is 0 Å². The van der Waals surface area contributed by atoms with Gasteiger partial charge in [0.05, 0.1) is 12.7 Å². The summed E-state index contributed by atoms with van der Waals surface area (Å²) in [5, 5.41) is 14.5. The molecule has 1 amide bonds. The first-order valence-corrected chi connectivity index (χ1v) is 10.0. The number of hydrogen-bond donors (Lipinski definition) is 1. The fraction of sp³-hybridized carbons (Fsp3) is 0.600. The van der Waals surface area contributed by atoms with Crippen LogP contribution < -0.4 is 5.32 Å². The van der Waals surface area contributed by atoms with Gasteiger partial charge in [-0.2, -0.15) is 0 Å². The number of ether oxygens (including phenoxy) is 1. The molecule has 1 saturated heterocycles. The average molecular weight is 404 g/mol. The van der Waals surface area contributed by atoms with E-state index in [4.69, 9.17) is 4.74 Å². The summed E-state index contributed by atoms with van der Waals surface area (Å²) in [6, 6.07) is 5.56. The summed E-state index contributed by atoms with van der Waals surface area (Å²) in [5.74, 6) is 0.561. The quantitative estimate of drug-likeness (QED) is 0.716. The Morgan fingerprint density at radius 2 is 2.24 bits per heavy atom. The van der Waals surface area contributed by atoms with Gasteiger partial charge in [0.2, 0.25) is 5.91 Å². The van der Waals surface area contributed by atoms with E-state index in [1.807, 2.05) is 0 Å². The molecule has 1 fully saturated rings. The molecule has 158 valence electrons. The molecule has 1 N–H and O–H groups in total. The Labute approximate surface area is 170 Å². The van der Waals surface area contributed by atoms with Crippen LogP contribution >= 0.6 is 0 Å². The predicted molar refractivity (Wildman–Crippen MR) is 106 cm³/mol. The summed E-state index contributed by atoms with van der Waals surface area (Å²) in [6.45, 7) is 9.90. The van der Waals surface area contributed by atoms with Crippen LogP contribution in [0.1, 0.15) is 31.3 Å². The van der Waals surface area contributed by atoms with Crippen LogP contribution in [0.2, 0.25) is 0 Å². The molecule has 1 aromatic heterocycles. The van der Waals surface area contributed by atoms with E-state index < -0.39 is 6.04 Å². The molecule has 1 aliphatic heterocycles. The second kappa shape index (κ2) is 9.89. The zero-order valence-corrected chi connectivity index (χ0v) is 17.2. The molecule has 1 aromatic carbocycles. The van der Waals surface area contributed by atoms with Crippen LogP contribution in [0, 0.1) is 18.7 Å². The van der Waals surface area contributed by atoms with Crippen molar-refractivity contribution in [3.8, 4) is 0 Å². The molecule has 8 nitrogen and oxygen atoms in total. The Hall–Kier alpha value is -2.39. The summed E-state index contributed by atoms with van der Waals surface area (Å²) in [4.78, 5) is 15.4. The number of carbonyl (C=O) groups is 1. The number of aryl methyl sites for hydroxylation is 1. The molecule has 0 spiro atoms. The second-order valence-electron chi connectivity index (χ2n) is 7.91. The van der Waals surface area contributed by atoms with Crippen molar-refractivity contribution in [3.63, 3.8) is 0 Å². The molecule has 0 aliphatic carbocycles. The number of aromatic nitrogens is 4. The van der Waals surface area contributed by atoms with Crippen molar-refractivity contribution in [3.05, 3.63) is 41.5 Å². The highest BCUT2D eigenvalue weighted by molar-refractivity contribution is 5.80. The van der Waals surface area contributed by atoms with Gasteiger partial charge in [0.1, 0.15) is 17.7 Å². The summed E-state index contributed by atoms with van der Waals surface area (Å²) in [7, 11) is 0. The smallest absolute Gasteiger partial charge is 0.245 e. The Balaban J connectivity index is 1.65. The van der Waals surface area contributed by atoms with Gasteiger partial charge in [-0.1, -0.05) is 26.0 Å². The van der Waals surface area contributed by atoms with Crippen molar-refractivity contribution >= 4 is 5.91 Å². The molecule has 29 heavy (non-hydrogen) atoms. The molecule has 1 aliphatic rings. The maximum Gasteiger partial charge on any atom is 0.245 e. The highest BCUT2D eigenvalue weighted by Crippen LogP contribution is 2.16. The Kier molecular flexibility index (Phi) is 7.27. The molecule has 9 heteroatoms. The molecule has 0 saturated carbocycles. The lowest BCUT2D eigenvalue weighted by atomic mass is 10.0. The number of hydrogen-bond acceptors (Lipinski definition) is 6. The van der Waals surface area contributed by atoms with E-state index in [-0.39, 0.29) is 17.8 Å². The van der Waals surface area contributed by atoms with Crippen molar-refractivity contribution in [2.75, 3.05) is 32.8 Å². The fourth-order valence-corrected chi connectivity index (χ4v) is 3.62. The number of morpholine rings is 1. The van der Waals surface area contributed by atoms with Crippen molar-refractivity contribution in [2.45, 2.75) is 39.3 Å². The van der Waals surface area contributed by atoms with Gasteiger partial charge >= 0.3 is 0 Å². The minimum atomic E-state index is -0.665. The maximum atomic E-state index is 13.6. The highest BCUT2D eigenvalue weighted by atomic mass is 19.1. The van der Waals surface area contributed by atoms with Crippen molar-refractivity contribution in [1.82, 2.24) is 30.4 Å². The number of nitrogens with one attached hydrogen (secondary N) is 1. The van der Waals surface area contributed by atoms with Gasteiger partial charge in [-0.15, -0.1) is 5.10 Å². The standard InChI is InChI=1S/C20H29FN6O2/c1-14(2)12-26-7-8-29-18(13-26)11-22-20(28)19(27-15(3)23-24-25-27)10-16-5-4-6-17(21)9-16/h4-6,9,14,18-19H,7-8,10-13H2,1-3H3,(H,22,28)/t18-,19-/m0/s1. The van der Waals surface area contributed by atoms with Crippen LogP contribution in [-0.4, -0.2) is 69.9 Å². The SMILES string of the molecule is Cc1nnnn1[C@@H](Cc1cccc(F)c1)C(=O)NC[C@H]1CN(CC(C)C)CCO1. The normalized spacial score (nSPS) is 18.7. The lowest BCUT2D eigenvalue weighted by molar-refractivity contribution is -0.126. The summed E-state index contributed by atoms with van der Waals surface area (Å²) < 4.78 is 20.9. The van der Waals surface area contributed by atoms with E-state index in [0.717, 1.165) is 19.6 Å². The van der Waals surface area contributed by atoms with Crippen LogP contribution in [0.15, 0.2) is 24.3 Å². The molecule has 2 atom stereocenters. The fourth-order valence-electron chi connectivity index (χ4n) is 3.62. The van der Waals surface area contributed by atoms with Gasteiger partial charge in [-0.05, 0) is 41.0 Å². The van der Waals surface area contributed by atoms with E-state index in [9.17, 15) is 9.18 Å².